The maximum Gasteiger partial charge on any atom is 0.126 e. The Morgan fingerprint density at radius 2 is 1.65 bits per heavy atom. The molecule has 0 amide bonds. The smallest absolute Gasteiger partial charge is 0.126 e. The first-order valence-corrected chi connectivity index (χ1v) is 8.33. The topological polar surface area (TPSA) is 43.8 Å². The summed E-state index contributed by atoms with van der Waals surface area (Å²) in [5.74, 6) is 7.29. The molecule has 1 unspecified atom stereocenters. The predicted octanol–water partition coefficient (Wildman–Crippen LogP) is 3.49. The summed E-state index contributed by atoms with van der Waals surface area (Å²) in [6.07, 6.45) is 7.45. The Bertz CT molecular complexity index is 503. The monoisotopic (exact) mass is 273 g/mol. The minimum atomic E-state index is 0.532. The summed E-state index contributed by atoms with van der Waals surface area (Å²) in [4.78, 5) is 4.78. The van der Waals surface area contributed by atoms with Crippen molar-refractivity contribution in [2.24, 2.45) is 36.6 Å². The van der Waals surface area contributed by atoms with Gasteiger partial charge in [0.25, 0.3) is 0 Å². The van der Waals surface area contributed by atoms with Gasteiger partial charge in [-0.05, 0) is 68.6 Å². The summed E-state index contributed by atoms with van der Waals surface area (Å²) >= 11 is 0. The maximum atomic E-state index is 6.30. The Labute approximate surface area is 122 Å². The van der Waals surface area contributed by atoms with Gasteiger partial charge in [0.2, 0.25) is 0 Å². The summed E-state index contributed by atoms with van der Waals surface area (Å²) in [6, 6.07) is 0. The van der Waals surface area contributed by atoms with E-state index < -0.39 is 0 Å². The van der Waals surface area contributed by atoms with Crippen molar-refractivity contribution in [2.75, 3.05) is 5.73 Å². The lowest BCUT2D eigenvalue weighted by molar-refractivity contribution is -0.0459. The molecule has 2 N–H and O–H groups in total. The second kappa shape index (κ2) is 4.25. The molecule has 1 aromatic heterocycles. The first-order valence-electron chi connectivity index (χ1n) is 8.33. The molecule has 0 aliphatic heterocycles. The molecule has 0 spiro atoms. The second-order valence-electron chi connectivity index (χ2n) is 7.79. The van der Waals surface area contributed by atoms with Crippen LogP contribution in [0, 0.1) is 36.5 Å². The fourth-order valence-corrected chi connectivity index (χ4v) is 5.95. The Morgan fingerprint density at radius 1 is 1.10 bits per heavy atom. The van der Waals surface area contributed by atoms with Gasteiger partial charge in [0.1, 0.15) is 11.6 Å². The average molecular weight is 273 g/mol. The van der Waals surface area contributed by atoms with Crippen molar-refractivity contribution < 1.29 is 0 Å². The van der Waals surface area contributed by atoms with Gasteiger partial charge in [-0.15, -0.1) is 0 Å². The zero-order valence-electron chi connectivity index (χ0n) is 13.0. The van der Waals surface area contributed by atoms with E-state index in [0.29, 0.717) is 5.92 Å². The van der Waals surface area contributed by atoms with E-state index in [1.807, 2.05) is 11.6 Å². The molecule has 110 valence electrons. The number of hydrogen-bond donors (Lipinski definition) is 1. The number of imidazole rings is 1. The van der Waals surface area contributed by atoms with Crippen molar-refractivity contribution >= 4 is 5.82 Å². The highest BCUT2D eigenvalue weighted by molar-refractivity contribution is 5.40. The Morgan fingerprint density at radius 3 is 2.10 bits per heavy atom. The van der Waals surface area contributed by atoms with Crippen LogP contribution in [0.5, 0.6) is 0 Å². The molecular formula is C17H27N3. The van der Waals surface area contributed by atoms with E-state index in [0.717, 1.165) is 41.2 Å². The van der Waals surface area contributed by atoms with E-state index in [2.05, 4.69) is 13.8 Å². The molecule has 3 nitrogen and oxygen atoms in total. The summed E-state index contributed by atoms with van der Waals surface area (Å²) in [6.45, 7) is 4.44. The lowest BCUT2D eigenvalue weighted by atomic mass is 9.49. The average Bonchev–Trinajstić information content (AvgIpc) is 2.65. The van der Waals surface area contributed by atoms with Crippen LogP contribution in [0.25, 0.3) is 0 Å². The standard InChI is InChI=1S/C17H27N3/c1-9(16-17(18)20(3)10(2)19-16)15-13-5-11-4-12(7-13)8-14(15)6-11/h9,11-15H,4-8,18H2,1-3H3. The molecule has 0 aromatic carbocycles. The molecule has 5 rings (SSSR count). The van der Waals surface area contributed by atoms with Gasteiger partial charge < -0.3 is 10.3 Å². The lowest BCUT2D eigenvalue weighted by Gasteiger charge is -2.56. The van der Waals surface area contributed by atoms with Crippen LogP contribution in [0.4, 0.5) is 5.82 Å². The zero-order valence-corrected chi connectivity index (χ0v) is 13.0. The predicted molar refractivity (Wildman–Crippen MR) is 81.3 cm³/mol. The third-order valence-corrected chi connectivity index (χ3v) is 6.70. The van der Waals surface area contributed by atoms with Crippen LogP contribution in [0.1, 0.15) is 56.5 Å². The van der Waals surface area contributed by atoms with Crippen LogP contribution in [0.2, 0.25) is 0 Å². The number of aromatic nitrogens is 2. The van der Waals surface area contributed by atoms with E-state index in [-0.39, 0.29) is 0 Å². The van der Waals surface area contributed by atoms with Gasteiger partial charge in [-0.25, -0.2) is 4.98 Å². The highest BCUT2D eigenvalue weighted by atomic mass is 15.1. The number of anilines is 1. The SMILES string of the molecule is Cc1nc(C(C)C2C3CC4CC(C3)CC2C4)c(N)n1C. The van der Waals surface area contributed by atoms with Gasteiger partial charge in [0.05, 0.1) is 5.69 Å². The molecule has 1 aromatic rings. The normalized spacial score (nSPS) is 40.2. The van der Waals surface area contributed by atoms with Crippen LogP contribution in [0.15, 0.2) is 0 Å². The van der Waals surface area contributed by atoms with Crippen molar-refractivity contribution in [3.63, 3.8) is 0 Å². The molecule has 4 bridgehead atoms. The molecular weight excluding hydrogens is 246 g/mol. The van der Waals surface area contributed by atoms with E-state index in [1.54, 1.807) is 0 Å². The van der Waals surface area contributed by atoms with Crippen molar-refractivity contribution in [1.82, 2.24) is 9.55 Å². The maximum absolute atomic E-state index is 6.30. The fraction of sp³-hybridized carbons (Fsp3) is 0.824. The molecule has 4 fully saturated rings. The third-order valence-electron chi connectivity index (χ3n) is 6.70. The first kappa shape index (κ1) is 12.7. The number of nitrogen functional groups attached to an aromatic ring is 1. The van der Waals surface area contributed by atoms with Crippen molar-refractivity contribution in [2.45, 2.75) is 51.9 Å². The molecule has 0 saturated heterocycles. The van der Waals surface area contributed by atoms with E-state index in [4.69, 9.17) is 10.7 Å². The van der Waals surface area contributed by atoms with E-state index >= 15 is 0 Å². The Hall–Kier alpha value is -0.990. The van der Waals surface area contributed by atoms with Crippen LogP contribution in [0.3, 0.4) is 0 Å². The molecule has 3 heteroatoms. The minimum absolute atomic E-state index is 0.532. The number of aryl methyl sites for hydroxylation is 1. The summed E-state index contributed by atoms with van der Waals surface area (Å²) in [5.41, 5.74) is 7.47. The minimum Gasteiger partial charge on any atom is -0.384 e. The zero-order chi connectivity index (χ0) is 14.0. The second-order valence-corrected chi connectivity index (χ2v) is 7.79. The molecule has 0 radical (unpaired) electrons. The van der Waals surface area contributed by atoms with Gasteiger partial charge >= 0.3 is 0 Å². The van der Waals surface area contributed by atoms with Gasteiger partial charge in [0.15, 0.2) is 0 Å². The quantitative estimate of drug-likeness (QED) is 0.896. The number of nitrogens with zero attached hydrogens (tertiary/aromatic N) is 2. The van der Waals surface area contributed by atoms with Gasteiger partial charge in [-0.3, -0.25) is 0 Å². The molecule has 1 heterocycles. The Balaban J connectivity index is 1.65. The Kier molecular flexibility index (Phi) is 2.71. The van der Waals surface area contributed by atoms with Gasteiger partial charge in [-0.2, -0.15) is 0 Å². The van der Waals surface area contributed by atoms with Crippen LogP contribution >= 0.6 is 0 Å². The fourth-order valence-electron chi connectivity index (χ4n) is 5.95. The molecule has 4 aliphatic carbocycles. The van der Waals surface area contributed by atoms with Crippen LogP contribution in [-0.2, 0) is 7.05 Å². The van der Waals surface area contributed by atoms with E-state index in [9.17, 15) is 0 Å². The van der Waals surface area contributed by atoms with Crippen LogP contribution in [-0.4, -0.2) is 9.55 Å². The highest BCUT2D eigenvalue weighted by Crippen LogP contribution is 2.59. The summed E-state index contributed by atoms with van der Waals surface area (Å²) in [5, 5.41) is 0. The molecule has 20 heavy (non-hydrogen) atoms. The van der Waals surface area contributed by atoms with Gasteiger partial charge in [-0.1, -0.05) is 6.92 Å². The first-order chi connectivity index (χ1) is 9.54. The number of hydrogen-bond acceptors (Lipinski definition) is 2. The number of nitrogens with two attached hydrogens (primary N) is 1. The molecule has 4 saturated carbocycles. The molecule has 4 aliphatic rings. The van der Waals surface area contributed by atoms with Crippen molar-refractivity contribution in [3.05, 3.63) is 11.5 Å². The van der Waals surface area contributed by atoms with Crippen LogP contribution < -0.4 is 5.73 Å². The molecule has 1 atom stereocenters. The summed E-state index contributed by atoms with van der Waals surface area (Å²) < 4.78 is 2.04. The van der Waals surface area contributed by atoms with E-state index in [1.165, 1.54) is 37.8 Å². The lowest BCUT2D eigenvalue weighted by Crippen LogP contribution is -2.46. The summed E-state index contributed by atoms with van der Waals surface area (Å²) in [7, 11) is 2.03. The van der Waals surface area contributed by atoms with Gasteiger partial charge in [0, 0.05) is 13.0 Å². The largest absolute Gasteiger partial charge is 0.384 e. The highest BCUT2D eigenvalue weighted by Gasteiger charge is 2.50. The third kappa shape index (κ3) is 1.68. The van der Waals surface area contributed by atoms with Crippen molar-refractivity contribution in [3.8, 4) is 0 Å². The number of rotatable bonds is 2. The van der Waals surface area contributed by atoms with Crippen molar-refractivity contribution in [1.29, 1.82) is 0 Å².